The average Bonchev–Trinajstić information content (AvgIpc) is 3.48. The van der Waals surface area contributed by atoms with Crippen molar-refractivity contribution in [3.05, 3.63) is 131 Å². The zero-order valence-electron chi connectivity index (χ0n) is 21.2. The first-order valence-electron chi connectivity index (χ1n) is 12.5. The van der Waals surface area contributed by atoms with Crippen LogP contribution < -0.4 is 5.32 Å². The molecule has 0 saturated carbocycles. The molecular weight excluding hydrogens is 458 g/mol. The van der Waals surface area contributed by atoms with E-state index in [1.54, 1.807) is 0 Å². The number of anilines is 1. The Morgan fingerprint density at radius 1 is 0.865 bits per heavy atom. The Bertz CT molecular complexity index is 1580. The Hall–Kier alpha value is -4.58. The predicted octanol–water partition coefficient (Wildman–Crippen LogP) is 6.73. The molecule has 2 aromatic heterocycles. The number of nitrogens with zero attached hydrogens (tertiary/aromatic N) is 4. The van der Waals surface area contributed by atoms with E-state index in [4.69, 9.17) is 5.10 Å². The van der Waals surface area contributed by atoms with E-state index in [1.165, 1.54) is 0 Å². The number of urea groups is 1. The molecule has 0 spiro atoms. The molecule has 5 aromatic rings. The molecule has 1 aliphatic heterocycles. The summed E-state index contributed by atoms with van der Waals surface area (Å²) in [4.78, 5) is 16.0. The second-order valence-electron chi connectivity index (χ2n) is 9.56. The number of aryl methyl sites for hydroxylation is 2. The molecule has 1 unspecified atom stereocenters. The Kier molecular flexibility index (Phi) is 5.64. The summed E-state index contributed by atoms with van der Waals surface area (Å²) in [5.74, 6) is 0.965. The Morgan fingerprint density at radius 3 is 2.35 bits per heavy atom. The Morgan fingerprint density at radius 2 is 1.59 bits per heavy atom. The molecule has 0 bridgehead atoms. The van der Waals surface area contributed by atoms with Crippen molar-refractivity contribution >= 4 is 11.7 Å². The topological polar surface area (TPSA) is 55.1 Å². The number of carbonyl (C=O) groups excluding carboxylic acids is 1. The van der Waals surface area contributed by atoms with Crippen molar-refractivity contribution in [3.8, 4) is 11.5 Å². The molecule has 0 saturated heterocycles. The van der Waals surface area contributed by atoms with Gasteiger partial charge in [-0.2, -0.15) is 5.10 Å². The first-order valence-corrected chi connectivity index (χ1v) is 12.5. The molecule has 37 heavy (non-hydrogen) atoms. The SMILES string of the molecule is Cc1cccc(NC(=O)N2Cc3c(C)nn(-c4ccccc4)c3-n3cccc3C2c2ccccc2)c1C. The maximum atomic E-state index is 14.1. The summed E-state index contributed by atoms with van der Waals surface area (Å²) in [6.07, 6.45) is 2.07. The summed E-state index contributed by atoms with van der Waals surface area (Å²) >= 11 is 0. The number of nitrogens with one attached hydrogen (secondary N) is 1. The van der Waals surface area contributed by atoms with Crippen LogP contribution in [0.4, 0.5) is 10.5 Å². The lowest BCUT2D eigenvalue weighted by molar-refractivity contribution is 0.194. The van der Waals surface area contributed by atoms with Gasteiger partial charge in [-0.25, -0.2) is 9.48 Å². The number of fused-ring (bicyclic) bond motifs is 3. The zero-order chi connectivity index (χ0) is 25.5. The fourth-order valence-electron chi connectivity index (χ4n) is 5.21. The second-order valence-corrected chi connectivity index (χ2v) is 9.56. The molecule has 6 heteroatoms. The highest BCUT2D eigenvalue weighted by Crippen LogP contribution is 2.38. The lowest BCUT2D eigenvalue weighted by atomic mass is 10.0. The predicted molar refractivity (Wildman–Crippen MR) is 146 cm³/mol. The summed E-state index contributed by atoms with van der Waals surface area (Å²) < 4.78 is 4.17. The maximum Gasteiger partial charge on any atom is 0.322 e. The van der Waals surface area contributed by atoms with Gasteiger partial charge in [0.15, 0.2) is 0 Å². The van der Waals surface area contributed by atoms with Crippen LogP contribution in [0.5, 0.6) is 0 Å². The number of para-hydroxylation sites is 1. The van der Waals surface area contributed by atoms with Gasteiger partial charge in [0.05, 0.1) is 29.7 Å². The molecule has 0 aliphatic carbocycles. The number of rotatable bonds is 3. The lowest BCUT2D eigenvalue weighted by Gasteiger charge is -2.31. The number of hydrogen-bond acceptors (Lipinski definition) is 2. The van der Waals surface area contributed by atoms with E-state index >= 15 is 0 Å². The normalized spacial score (nSPS) is 14.6. The van der Waals surface area contributed by atoms with E-state index < -0.39 is 0 Å². The smallest absolute Gasteiger partial charge is 0.308 e. The Labute approximate surface area is 216 Å². The molecule has 6 nitrogen and oxygen atoms in total. The molecule has 3 heterocycles. The summed E-state index contributed by atoms with van der Waals surface area (Å²) in [5, 5.41) is 8.13. The van der Waals surface area contributed by atoms with Crippen LogP contribution in [-0.4, -0.2) is 25.3 Å². The van der Waals surface area contributed by atoms with Gasteiger partial charge in [-0.3, -0.25) is 0 Å². The van der Waals surface area contributed by atoms with Crippen molar-refractivity contribution in [3.63, 3.8) is 0 Å². The van der Waals surface area contributed by atoms with Crippen molar-refractivity contribution in [2.24, 2.45) is 0 Å². The highest BCUT2D eigenvalue weighted by molar-refractivity contribution is 5.91. The molecule has 1 N–H and O–H groups in total. The van der Waals surface area contributed by atoms with Crippen molar-refractivity contribution in [2.75, 3.05) is 5.32 Å². The van der Waals surface area contributed by atoms with Gasteiger partial charge < -0.3 is 14.8 Å². The summed E-state index contributed by atoms with van der Waals surface area (Å²) in [7, 11) is 0. The van der Waals surface area contributed by atoms with Gasteiger partial charge in [0.1, 0.15) is 5.82 Å². The zero-order valence-corrected chi connectivity index (χ0v) is 21.2. The van der Waals surface area contributed by atoms with Crippen LogP contribution in [0.2, 0.25) is 0 Å². The highest BCUT2D eigenvalue weighted by atomic mass is 16.2. The molecular formula is C31H29N5O. The van der Waals surface area contributed by atoms with Gasteiger partial charge in [-0.1, -0.05) is 60.7 Å². The minimum absolute atomic E-state index is 0.144. The second kappa shape index (κ2) is 9.13. The van der Waals surface area contributed by atoms with Crippen molar-refractivity contribution in [1.82, 2.24) is 19.2 Å². The van der Waals surface area contributed by atoms with Gasteiger partial charge in [0.2, 0.25) is 0 Å². The third kappa shape index (κ3) is 3.91. The monoisotopic (exact) mass is 487 g/mol. The molecule has 0 fully saturated rings. The van der Waals surface area contributed by atoms with Gasteiger partial charge in [-0.15, -0.1) is 0 Å². The van der Waals surface area contributed by atoms with Crippen LogP contribution in [-0.2, 0) is 6.54 Å². The molecule has 3 aromatic carbocycles. The third-order valence-electron chi connectivity index (χ3n) is 7.31. The number of amides is 2. The van der Waals surface area contributed by atoms with Gasteiger partial charge >= 0.3 is 6.03 Å². The quantitative estimate of drug-likeness (QED) is 0.307. The molecule has 1 atom stereocenters. The van der Waals surface area contributed by atoms with Crippen molar-refractivity contribution < 1.29 is 4.79 Å². The molecule has 2 amide bonds. The van der Waals surface area contributed by atoms with E-state index in [0.29, 0.717) is 6.54 Å². The van der Waals surface area contributed by atoms with Crippen LogP contribution in [0.3, 0.4) is 0 Å². The van der Waals surface area contributed by atoms with E-state index in [0.717, 1.165) is 50.8 Å². The fourth-order valence-corrected chi connectivity index (χ4v) is 5.21. The largest absolute Gasteiger partial charge is 0.322 e. The van der Waals surface area contributed by atoms with E-state index in [2.05, 4.69) is 59.4 Å². The maximum absolute atomic E-state index is 14.1. The minimum atomic E-state index is -0.280. The van der Waals surface area contributed by atoms with Gasteiger partial charge in [0, 0.05) is 17.4 Å². The van der Waals surface area contributed by atoms with Crippen molar-refractivity contribution in [2.45, 2.75) is 33.4 Å². The first kappa shape index (κ1) is 22.9. The minimum Gasteiger partial charge on any atom is -0.308 e. The number of aromatic nitrogens is 3. The summed E-state index contributed by atoms with van der Waals surface area (Å²) in [6, 6.07) is 30.1. The highest BCUT2D eigenvalue weighted by Gasteiger charge is 2.36. The number of benzene rings is 3. The molecule has 6 rings (SSSR count). The molecule has 1 aliphatic rings. The molecule has 0 radical (unpaired) electrons. The summed E-state index contributed by atoms with van der Waals surface area (Å²) in [5.41, 5.74) is 8.01. The van der Waals surface area contributed by atoms with E-state index in [-0.39, 0.29) is 12.1 Å². The number of carbonyl (C=O) groups is 1. The average molecular weight is 488 g/mol. The standard InChI is InChI=1S/C31H29N5O/c1-21-12-10-17-27(22(21)2)32-31(37)35-20-26-23(3)33-36(25-15-8-5-9-16-25)30(26)34-19-11-18-28(34)29(35)24-13-6-4-7-14-24/h4-19,29H,20H2,1-3H3,(H,32,37). The van der Waals surface area contributed by atoms with Crippen molar-refractivity contribution in [1.29, 1.82) is 0 Å². The first-order chi connectivity index (χ1) is 18.0. The van der Waals surface area contributed by atoms with Crippen LogP contribution in [0, 0.1) is 20.8 Å². The van der Waals surface area contributed by atoms with Gasteiger partial charge in [-0.05, 0) is 67.8 Å². The van der Waals surface area contributed by atoms with Crippen LogP contribution >= 0.6 is 0 Å². The lowest BCUT2D eigenvalue weighted by Crippen LogP contribution is -2.38. The van der Waals surface area contributed by atoms with Crippen LogP contribution in [0.25, 0.3) is 11.5 Å². The van der Waals surface area contributed by atoms with Gasteiger partial charge in [0.25, 0.3) is 0 Å². The van der Waals surface area contributed by atoms with E-state index in [9.17, 15) is 4.79 Å². The third-order valence-corrected chi connectivity index (χ3v) is 7.31. The fraction of sp³-hybridized carbons (Fsp3) is 0.161. The Balaban J connectivity index is 1.53. The van der Waals surface area contributed by atoms with E-state index in [1.807, 2.05) is 78.0 Å². The van der Waals surface area contributed by atoms with Crippen LogP contribution in [0.15, 0.2) is 97.2 Å². The summed E-state index contributed by atoms with van der Waals surface area (Å²) in [6.45, 7) is 6.54. The van der Waals surface area contributed by atoms with Crippen LogP contribution in [0.1, 0.15) is 39.7 Å². The molecule has 184 valence electrons. The number of hydrogen-bond donors (Lipinski definition) is 1.